The molecular formula is C10H18O6SSi. The second-order valence-electron chi connectivity index (χ2n) is 3.73. The quantitative estimate of drug-likeness (QED) is 0.390. The number of ether oxygens (including phenoxy) is 1. The number of carbonyl (C=O) groups excluding carboxylic acids is 2. The Morgan fingerprint density at radius 1 is 1.33 bits per heavy atom. The number of esters is 2. The monoisotopic (exact) mass is 294 g/mol. The first kappa shape index (κ1) is 15.6. The molecule has 1 aliphatic rings. The molecule has 0 bridgehead atoms. The number of hydrogen-bond acceptors (Lipinski definition) is 7. The minimum atomic E-state index is -2.82. The Morgan fingerprint density at radius 3 is 2.22 bits per heavy atom. The van der Waals surface area contributed by atoms with Crippen LogP contribution in [0, 0.1) is 0 Å². The predicted molar refractivity (Wildman–Crippen MR) is 68.0 cm³/mol. The molecule has 0 saturated carbocycles. The minimum absolute atomic E-state index is 0.0988. The maximum atomic E-state index is 11.5. The molecular weight excluding hydrogens is 276 g/mol. The zero-order valence-corrected chi connectivity index (χ0v) is 12.7. The van der Waals surface area contributed by atoms with Crippen LogP contribution in [0.15, 0.2) is 0 Å². The molecule has 2 atom stereocenters. The normalized spacial score (nSPS) is 22.1. The Labute approximate surface area is 112 Å². The summed E-state index contributed by atoms with van der Waals surface area (Å²) < 4.78 is 20.7. The fraction of sp³-hybridized carbons (Fsp3) is 0.800. The average molecular weight is 294 g/mol. The highest BCUT2D eigenvalue weighted by molar-refractivity contribution is 8.02. The molecule has 0 N–H and O–H groups in total. The maximum absolute atomic E-state index is 11.5. The molecule has 0 aromatic carbocycles. The van der Waals surface area contributed by atoms with Gasteiger partial charge in [0.25, 0.3) is 0 Å². The standard InChI is InChI=1S/C10H18O6SSi/c1-5-9(18(13-2,14-3)15-4)17-7-6-8(11)16-10(7)12/h7,9H,5-6H2,1-4H3. The van der Waals surface area contributed by atoms with E-state index in [4.69, 9.17) is 13.3 Å². The molecule has 1 heterocycles. The van der Waals surface area contributed by atoms with E-state index in [2.05, 4.69) is 4.74 Å². The first-order valence-corrected chi connectivity index (χ1v) is 8.32. The lowest BCUT2D eigenvalue weighted by atomic mass is 10.4. The van der Waals surface area contributed by atoms with Crippen molar-refractivity contribution in [2.45, 2.75) is 29.9 Å². The van der Waals surface area contributed by atoms with Crippen molar-refractivity contribution in [3.63, 3.8) is 0 Å². The highest BCUT2D eigenvalue weighted by atomic mass is 32.2. The molecule has 1 rings (SSSR count). The Kier molecular flexibility index (Phi) is 5.79. The molecule has 0 aromatic heterocycles. The first-order valence-electron chi connectivity index (χ1n) is 5.58. The number of hydrogen-bond donors (Lipinski definition) is 0. The largest absolute Gasteiger partial charge is 0.513 e. The molecule has 1 saturated heterocycles. The van der Waals surface area contributed by atoms with Gasteiger partial charge in [-0.05, 0) is 6.42 Å². The second-order valence-corrected chi connectivity index (χ2v) is 8.69. The van der Waals surface area contributed by atoms with Gasteiger partial charge in [-0.3, -0.25) is 9.59 Å². The van der Waals surface area contributed by atoms with Crippen molar-refractivity contribution in [2.24, 2.45) is 0 Å². The van der Waals surface area contributed by atoms with Gasteiger partial charge in [0.1, 0.15) is 5.25 Å². The summed E-state index contributed by atoms with van der Waals surface area (Å²) in [7, 11) is 1.76. The van der Waals surface area contributed by atoms with Crippen molar-refractivity contribution in [2.75, 3.05) is 21.3 Å². The fourth-order valence-electron chi connectivity index (χ4n) is 1.83. The highest BCUT2D eigenvalue weighted by Crippen LogP contribution is 2.34. The summed E-state index contributed by atoms with van der Waals surface area (Å²) in [4.78, 5) is 22.4. The summed E-state index contributed by atoms with van der Waals surface area (Å²) in [6.45, 7) is 1.96. The Hall–Kier alpha value is -0.413. The molecule has 2 unspecified atom stereocenters. The summed E-state index contributed by atoms with van der Waals surface area (Å²) >= 11 is 1.34. The zero-order valence-electron chi connectivity index (χ0n) is 10.9. The molecule has 1 fully saturated rings. The smallest absolute Gasteiger partial charge is 0.392 e. The van der Waals surface area contributed by atoms with E-state index >= 15 is 0 Å². The Morgan fingerprint density at radius 2 is 1.89 bits per heavy atom. The second kappa shape index (κ2) is 6.67. The Bertz CT molecular complexity index is 311. The van der Waals surface area contributed by atoms with E-state index in [1.807, 2.05) is 6.92 Å². The fourth-order valence-corrected chi connectivity index (χ4v) is 6.62. The number of thioether (sulfide) groups is 1. The number of carbonyl (C=O) groups is 2. The van der Waals surface area contributed by atoms with Crippen LogP contribution in [0.25, 0.3) is 0 Å². The van der Waals surface area contributed by atoms with Gasteiger partial charge in [-0.15, -0.1) is 11.8 Å². The van der Waals surface area contributed by atoms with Crippen molar-refractivity contribution in [1.82, 2.24) is 0 Å². The van der Waals surface area contributed by atoms with E-state index in [1.54, 1.807) is 0 Å². The third-order valence-corrected chi connectivity index (χ3v) is 8.30. The summed E-state index contributed by atoms with van der Waals surface area (Å²) in [5.41, 5.74) is 0. The van der Waals surface area contributed by atoms with Crippen molar-refractivity contribution in [3.05, 3.63) is 0 Å². The van der Waals surface area contributed by atoms with Gasteiger partial charge in [-0.1, -0.05) is 6.92 Å². The van der Waals surface area contributed by atoms with Crippen LogP contribution < -0.4 is 0 Å². The molecule has 0 aliphatic carbocycles. The first-order chi connectivity index (χ1) is 8.52. The van der Waals surface area contributed by atoms with E-state index in [1.165, 1.54) is 33.1 Å². The van der Waals surface area contributed by atoms with E-state index in [-0.39, 0.29) is 11.3 Å². The molecule has 0 amide bonds. The minimum Gasteiger partial charge on any atom is -0.392 e. The van der Waals surface area contributed by atoms with Crippen LogP contribution in [0.5, 0.6) is 0 Å². The van der Waals surface area contributed by atoms with Crippen LogP contribution in [0.2, 0.25) is 0 Å². The lowest BCUT2D eigenvalue weighted by Gasteiger charge is -2.32. The zero-order chi connectivity index (χ0) is 13.8. The highest BCUT2D eigenvalue weighted by Gasteiger charge is 2.50. The molecule has 104 valence electrons. The van der Waals surface area contributed by atoms with Crippen LogP contribution >= 0.6 is 11.8 Å². The summed E-state index contributed by atoms with van der Waals surface area (Å²) in [6.07, 6.45) is 0.812. The SMILES string of the molecule is CCC(SC1CC(=O)OC1=O)[Si](OC)(OC)OC. The van der Waals surface area contributed by atoms with Crippen molar-refractivity contribution in [3.8, 4) is 0 Å². The van der Waals surface area contributed by atoms with Gasteiger partial charge in [0, 0.05) is 21.3 Å². The molecule has 6 nitrogen and oxygen atoms in total. The lowest BCUT2D eigenvalue weighted by Crippen LogP contribution is -2.53. The van der Waals surface area contributed by atoms with Crippen molar-refractivity contribution in [1.29, 1.82) is 0 Å². The summed E-state index contributed by atoms with van der Waals surface area (Å²) in [6, 6.07) is 0. The van der Waals surface area contributed by atoms with E-state index in [0.717, 1.165) is 0 Å². The van der Waals surface area contributed by atoms with Gasteiger partial charge in [-0.2, -0.15) is 0 Å². The molecule has 1 aliphatic heterocycles. The van der Waals surface area contributed by atoms with Crippen LogP contribution in [0.1, 0.15) is 19.8 Å². The maximum Gasteiger partial charge on any atom is 0.513 e. The van der Waals surface area contributed by atoms with Gasteiger partial charge in [-0.25, -0.2) is 0 Å². The third-order valence-electron chi connectivity index (χ3n) is 2.78. The van der Waals surface area contributed by atoms with Gasteiger partial charge < -0.3 is 18.0 Å². The van der Waals surface area contributed by atoms with Crippen LogP contribution in [-0.4, -0.2) is 52.2 Å². The molecule has 0 aromatic rings. The summed E-state index contributed by atoms with van der Waals surface area (Å²) in [5.74, 6) is -0.971. The van der Waals surface area contributed by atoms with E-state index in [9.17, 15) is 9.59 Å². The van der Waals surface area contributed by atoms with Crippen LogP contribution in [0.3, 0.4) is 0 Å². The number of cyclic esters (lactones) is 2. The molecule has 8 heteroatoms. The molecule has 0 spiro atoms. The van der Waals surface area contributed by atoms with Crippen LogP contribution in [0.4, 0.5) is 0 Å². The molecule has 0 radical (unpaired) electrons. The topological polar surface area (TPSA) is 71.1 Å². The summed E-state index contributed by atoms with van der Waals surface area (Å²) in [5, 5.41) is -0.491. The van der Waals surface area contributed by atoms with Crippen molar-refractivity contribution >= 4 is 32.5 Å². The Balaban J connectivity index is 2.77. The van der Waals surface area contributed by atoms with Gasteiger partial charge in [0.15, 0.2) is 0 Å². The molecule has 18 heavy (non-hydrogen) atoms. The van der Waals surface area contributed by atoms with Gasteiger partial charge in [0.05, 0.1) is 11.3 Å². The van der Waals surface area contributed by atoms with E-state index in [0.29, 0.717) is 6.42 Å². The van der Waals surface area contributed by atoms with Gasteiger partial charge >= 0.3 is 20.7 Å². The average Bonchev–Trinajstić information content (AvgIpc) is 2.69. The lowest BCUT2D eigenvalue weighted by molar-refractivity contribution is -0.151. The van der Waals surface area contributed by atoms with Crippen molar-refractivity contribution < 1.29 is 27.6 Å². The number of rotatable bonds is 7. The predicted octanol–water partition coefficient (Wildman–Crippen LogP) is 0.758. The van der Waals surface area contributed by atoms with E-state index < -0.39 is 26.0 Å². The third kappa shape index (κ3) is 3.12. The van der Waals surface area contributed by atoms with Gasteiger partial charge in [0.2, 0.25) is 0 Å². The van der Waals surface area contributed by atoms with Crippen LogP contribution in [-0.2, 0) is 27.6 Å².